The summed E-state index contributed by atoms with van der Waals surface area (Å²) >= 11 is 0. The van der Waals surface area contributed by atoms with Crippen LogP contribution in [0.1, 0.15) is 2.85 Å². The summed E-state index contributed by atoms with van der Waals surface area (Å²) in [4.78, 5) is 15.4. The number of rotatable bonds is 2. The van der Waals surface area contributed by atoms with Crippen LogP contribution in [0.3, 0.4) is 0 Å². The maximum absolute atomic E-state index is 9.58. The van der Waals surface area contributed by atoms with Crippen molar-refractivity contribution in [3.63, 3.8) is 0 Å². The molecule has 0 heterocycles. The van der Waals surface area contributed by atoms with Crippen LogP contribution >= 0.6 is 7.82 Å². The van der Waals surface area contributed by atoms with Crippen molar-refractivity contribution in [3.05, 3.63) is 0 Å². The Kier molecular flexibility index (Phi) is 16.4. The molecule has 0 unspecified atom stereocenters. The molecule has 6 N–H and O–H groups in total. The minimum absolute atomic E-state index is 0. The molecule has 12 heteroatoms. The third-order valence-electron chi connectivity index (χ3n) is 0.191. The van der Waals surface area contributed by atoms with Gasteiger partial charge in [0.2, 0.25) is 0 Å². The van der Waals surface area contributed by atoms with Crippen LogP contribution < -0.4 is 65.3 Å². The second kappa shape index (κ2) is 8.30. The largest absolute Gasteiger partial charge is 1.00 e. The van der Waals surface area contributed by atoms with E-state index < -0.39 is 18.2 Å². The van der Waals surface area contributed by atoms with E-state index in [-0.39, 0.29) is 68.1 Å². The van der Waals surface area contributed by atoms with Crippen molar-refractivity contribution in [3.8, 4) is 0 Å². The fourth-order valence-electron chi connectivity index (χ4n) is 0.123. The first kappa shape index (κ1) is 23.6. The topological polar surface area (TPSA) is 156 Å². The quantitative estimate of drug-likeness (QED) is 0.212. The Morgan fingerprint density at radius 2 is 1.50 bits per heavy atom. The molecule has 0 rings (SSSR count). The summed E-state index contributed by atoms with van der Waals surface area (Å²) in [6.45, 7) is 0. The van der Waals surface area contributed by atoms with Crippen molar-refractivity contribution < 1.29 is 93.3 Å². The summed E-state index contributed by atoms with van der Waals surface area (Å²) in [5, 5.41) is 0. The molecular formula is H8NNa2O7PS. The normalized spacial score (nSPS) is 10.2. The van der Waals surface area contributed by atoms with Crippen molar-refractivity contribution in [1.82, 2.24) is 6.15 Å². The van der Waals surface area contributed by atoms with E-state index in [2.05, 4.69) is 3.97 Å². The molecule has 0 saturated heterocycles. The summed E-state index contributed by atoms with van der Waals surface area (Å²) in [6, 6.07) is 0. The molecule has 0 bridgehead atoms. The van der Waals surface area contributed by atoms with Gasteiger partial charge in [0.1, 0.15) is 0 Å². The van der Waals surface area contributed by atoms with E-state index in [0.29, 0.717) is 0 Å². The van der Waals surface area contributed by atoms with Gasteiger partial charge in [-0.1, -0.05) is 0 Å². The zero-order valence-electron chi connectivity index (χ0n) is 8.54. The average Bonchev–Trinajstić information content (AvgIpc) is 1.14. The van der Waals surface area contributed by atoms with Crippen molar-refractivity contribution >= 4 is 18.2 Å². The summed E-state index contributed by atoms with van der Waals surface area (Å²) in [7, 11) is -10.2. The van der Waals surface area contributed by atoms with Crippen LogP contribution in [0.25, 0.3) is 0 Å². The zero-order chi connectivity index (χ0) is 7.71. The van der Waals surface area contributed by atoms with Gasteiger partial charge in [0.05, 0.1) is 0 Å². The summed E-state index contributed by atoms with van der Waals surface area (Å²) in [5.41, 5.74) is 0. The van der Waals surface area contributed by atoms with Gasteiger partial charge in [-0.3, -0.25) is 4.55 Å². The molecule has 0 aromatic carbocycles. The van der Waals surface area contributed by atoms with Crippen molar-refractivity contribution in [2.24, 2.45) is 0 Å². The predicted octanol–water partition coefficient (Wildman–Crippen LogP) is -6.71. The first-order valence-corrected chi connectivity index (χ1v) is 4.34. The minimum atomic E-state index is -5.13. The Labute approximate surface area is 116 Å². The van der Waals surface area contributed by atoms with Crippen LogP contribution in [-0.2, 0) is 18.9 Å². The van der Waals surface area contributed by atoms with Gasteiger partial charge in [-0.25, -0.2) is 4.57 Å². The van der Waals surface area contributed by atoms with Gasteiger partial charge in [0.15, 0.2) is 0 Å². The molecule has 0 spiro atoms. The molecule has 0 amide bonds. The van der Waals surface area contributed by atoms with Crippen LogP contribution in [0.15, 0.2) is 0 Å². The van der Waals surface area contributed by atoms with Gasteiger partial charge in [-0.2, -0.15) is 8.42 Å². The van der Waals surface area contributed by atoms with Gasteiger partial charge in [-0.15, -0.1) is 3.97 Å². The third-order valence-corrected chi connectivity index (χ3v) is 1.72. The van der Waals surface area contributed by atoms with Gasteiger partial charge >= 0.3 is 77.3 Å². The summed E-state index contributed by atoms with van der Waals surface area (Å²) in [6.07, 6.45) is 0. The fraction of sp³-hybridized carbons (Fsp3) is 0. The molecule has 0 atom stereocenters. The molecule has 0 saturated carbocycles. The van der Waals surface area contributed by atoms with Crippen LogP contribution in [0.4, 0.5) is 0 Å². The summed E-state index contributed by atoms with van der Waals surface area (Å²) in [5.74, 6) is 0. The first-order valence-electron chi connectivity index (χ1n) is 1.45. The van der Waals surface area contributed by atoms with Crippen molar-refractivity contribution in [2.45, 2.75) is 0 Å². The maximum Gasteiger partial charge on any atom is 1.00 e. The maximum atomic E-state index is 9.58. The molecular weight excluding hydrogens is 235 g/mol. The standard InChI is InChI=1S/H3N.2Na.H3O7PS.2H/c;;;1-8(2,3)7-9(4,5)6;;/h1H3;;;(H2,1,2,3)(H,4,5,6);;/q;2*+1;;2*-1. The molecule has 0 aliphatic heterocycles. The molecule has 0 aromatic rings. The fourth-order valence-corrected chi connectivity index (χ4v) is 1.10. The van der Waals surface area contributed by atoms with E-state index in [9.17, 15) is 13.0 Å². The van der Waals surface area contributed by atoms with Gasteiger partial charge in [0.25, 0.3) is 0 Å². The molecule has 0 fully saturated rings. The van der Waals surface area contributed by atoms with E-state index in [0.717, 1.165) is 0 Å². The van der Waals surface area contributed by atoms with Crippen molar-refractivity contribution in [1.29, 1.82) is 0 Å². The molecule has 8 nitrogen and oxygen atoms in total. The van der Waals surface area contributed by atoms with Crippen LogP contribution in [0.2, 0.25) is 0 Å². The first-order chi connectivity index (χ1) is 3.71. The van der Waals surface area contributed by atoms with E-state index in [1.54, 1.807) is 0 Å². The van der Waals surface area contributed by atoms with Gasteiger partial charge in [0, 0.05) is 0 Å². The molecule has 0 aliphatic carbocycles. The zero-order valence-corrected chi connectivity index (χ0v) is 12.2. The molecule has 12 heavy (non-hydrogen) atoms. The van der Waals surface area contributed by atoms with Crippen LogP contribution in [0, 0.1) is 0 Å². The summed E-state index contributed by atoms with van der Waals surface area (Å²) < 4.78 is 39.0. The smallest absolute Gasteiger partial charge is 1.00 e. The van der Waals surface area contributed by atoms with Gasteiger partial charge in [-0.05, 0) is 0 Å². The monoisotopic (exact) mass is 243 g/mol. The Morgan fingerprint density at radius 1 is 1.25 bits per heavy atom. The second-order valence-corrected chi connectivity index (χ2v) is 3.43. The number of hydrogen-bond donors (Lipinski definition) is 4. The minimum Gasteiger partial charge on any atom is -1.00 e. The average molecular weight is 243 g/mol. The Bertz CT molecular complexity index is 236. The SMILES string of the molecule is N.O=P(O)(O)OS(=O)(=O)O.[H-].[H-].[Na+].[Na+]. The van der Waals surface area contributed by atoms with Gasteiger partial charge < -0.3 is 18.8 Å². The van der Waals surface area contributed by atoms with Crippen LogP contribution in [0.5, 0.6) is 0 Å². The predicted molar refractivity (Wildman–Crippen MR) is 31.9 cm³/mol. The Morgan fingerprint density at radius 3 is 1.50 bits per heavy atom. The Hall–Kier alpha value is 1.98. The van der Waals surface area contributed by atoms with E-state index in [1.165, 1.54) is 0 Å². The van der Waals surface area contributed by atoms with E-state index >= 15 is 0 Å². The number of phosphoric acid groups is 1. The molecule has 0 aromatic heterocycles. The Balaban J connectivity index is -0.0000000320. The molecule has 0 radical (unpaired) electrons. The molecule has 68 valence electrons. The second-order valence-electron chi connectivity index (χ2n) is 0.993. The van der Waals surface area contributed by atoms with E-state index in [1.807, 2.05) is 0 Å². The third kappa shape index (κ3) is 22.7. The van der Waals surface area contributed by atoms with E-state index in [4.69, 9.17) is 14.3 Å². The van der Waals surface area contributed by atoms with Crippen LogP contribution in [-0.4, -0.2) is 22.8 Å². The molecule has 0 aliphatic rings. The number of hydrogen-bond acceptors (Lipinski definition) is 5. The van der Waals surface area contributed by atoms with Crippen molar-refractivity contribution in [2.75, 3.05) is 0 Å².